The van der Waals surface area contributed by atoms with Gasteiger partial charge in [-0.25, -0.2) is 4.79 Å². The quantitative estimate of drug-likeness (QED) is 0.563. The molecule has 0 spiro atoms. The molecule has 1 aromatic heterocycles. The molecule has 178 valence electrons. The minimum atomic E-state index is -5.21. The van der Waals surface area contributed by atoms with E-state index in [2.05, 4.69) is 5.32 Å². The first-order valence-electron chi connectivity index (χ1n) is 10.7. The van der Waals surface area contributed by atoms with Gasteiger partial charge in [-0.3, -0.25) is 14.5 Å². The van der Waals surface area contributed by atoms with Crippen molar-refractivity contribution in [1.29, 1.82) is 0 Å². The molecule has 0 aliphatic heterocycles. The molecule has 0 bridgehead atoms. The van der Waals surface area contributed by atoms with E-state index in [9.17, 15) is 27.6 Å². The van der Waals surface area contributed by atoms with Gasteiger partial charge in [-0.15, -0.1) is 11.3 Å². The van der Waals surface area contributed by atoms with Crippen LogP contribution in [0.25, 0.3) is 0 Å². The fourth-order valence-corrected chi connectivity index (χ4v) is 4.65. The lowest BCUT2D eigenvalue weighted by Gasteiger charge is -2.33. The van der Waals surface area contributed by atoms with Gasteiger partial charge in [-0.2, -0.15) is 13.2 Å². The standard InChI is InChI=1S/C23H25F3N2O4S/c1-2-32-21(30)15-10-12-17(13-11-15)28(22(31)23(24,25)26)19(18-9-6-14-33-18)20(29)27-16-7-4-3-5-8-16/h6,9-14,16,19H,2-5,7-8H2,1H3,(H,27,29). The number of carbonyl (C=O) groups excluding carboxylic acids is 3. The number of hydrogen-bond acceptors (Lipinski definition) is 5. The number of nitrogens with zero attached hydrogens (tertiary/aromatic N) is 1. The Hall–Kier alpha value is -2.88. The van der Waals surface area contributed by atoms with Gasteiger partial charge in [-0.1, -0.05) is 25.3 Å². The first-order valence-corrected chi connectivity index (χ1v) is 11.6. The van der Waals surface area contributed by atoms with Crippen molar-refractivity contribution in [1.82, 2.24) is 5.32 Å². The van der Waals surface area contributed by atoms with Crippen molar-refractivity contribution in [3.63, 3.8) is 0 Å². The van der Waals surface area contributed by atoms with Gasteiger partial charge in [0.1, 0.15) is 0 Å². The van der Waals surface area contributed by atoms with Gasteiger partial charge >= 0.3 is 18.1 Å². The van der Waals surface area contributed by atoms with Crippen LogP contribution in [0, 0.1) is 0 Å². The van der Waals surface area contributed by atoms with E-state index in [1.165, 1.54) is 30.3 Å². The molecule has 1 atom stereocenters. The molecule has 1 N–H and O–H groups in total. The van der Waals surface area contributed by atoms with Crippen molar-refractivity contribution in [2.45, 2.75) is 57.3 Å². The van der Waals surface area contributed by atoms with Crippen LogP contribution in [0.1, 0.15) is 60.3 Å². The topological polar surface area (TPSA) is 75.7 Å². The van der Waals surface area contributed by atoms with E-state index in [0.717, 1.165) is 43.4 Å². The van der Waals surface area contributed by atoms with Crippen LogP contribution in [0.4, 0.5) is 18.9 Å². The van der Waals surface area contributed by atoms with E-state index in [1.54, 1.807) is 18.4 Å². The number of esters is 1. The molecule has 6 nitrogen and oxygen atoms in total. The van der Waals surface area contributed by atoms with Gasteiger partial charge in [-0.05, 0) is 55.5 Å². The average Bonchev–Trinajstić information content (AvgIpc) is 3.31. The molecule has 0 radical (unpaired) electrons. The van der Waals surface area contributed by atoms with Crippen LogP contribution in [0.3, 0.4) is 0 Å². The summed E-state index contributed by atoms with van der Waals surface area (Å²) in [6.07, 6.45) is -0.828. The number of anilines is 1. The van der Waals surface area contributed by atoms with Crippen LogP contribution in [-0.2, 0) is 14.3 Å². The highest BCUT2D eigenvalue weighted by Crippen LogP contribution is 2.35. The third-order valence-electron chi connectivity index (χ3n) is 5.39. The molecular weight excluding hydrogens is 457 g/mol. The summed E-state index contributed by atoms with van der Waals surface area (Å²) >= 11 is 1.09. The number of halogens is 3. The molecule has 2 aromatic rings. The molecule has 33 heavy (non-hydrogen) atoms. The number of benzene rings is 1. The molecule has 1 heterocycles. The molecule has 1 aliphatic carbocycles. The summed E-state index contributed by atoms with van der Waals surface area (Å²) in [7, 11) is 0. The van der Waals surface area contributed by atoms with Crippen LogP contribution in [0.2, 0.25) is 0 Å². The maximum atomic E-state index is 13.6. The van der Waals surface area contributed by atoms with E-state index >= 15 is 0 Å². The highest BCUT2D eigenvalue weighted by molar-refractivity contribution is 7.10. The normalized spacial score (nSPS) is 15.5. The van der Waals surface area contributed by atoms with Gasteiger partial charge in [0.2, 0.25) is 5.91 Å². The van der Waals surface area contributed by atoms with Crippen LogP contribution in [0.5, 0.6) is 0 Å². The summed E-state index contributed by atoms with van der Waals surface area (Å²) in [5.41, 5.74) is -0.0260. The molecular formula is C23H25F3N2O4S. The third-order valence-corrected chi connectivity index (χ3v) is 6.31. The number of alkyl halides is 3. The van der Waals surface area contributed by atoms with Crippen molar-refractivity contribution in [2.75, 3.05) is 11.5 Å². The lowest BCUT2D eigenvalue weighted by molar-refractivity contribution is -0.171. The molecule has 0 saturated heterocycles. The van der Waals surface area contributed by atoms with E-state index in [1.807, 2.05) is 0 Å². The second-order valence-electron chi connectivity index (χ2n) is 7.70. The molecule has 1 saturated carbocycles. The number of carbonyl (C=O) groups is 3. The maximum absolute atomic E-state index is 13.6. The maximum Gasteiger partial charge on any atom is 0.471 e. The lowest BCUT2D eigenvalue weighted by atomic mass is 9.95. The monoisotopic (exact) mass is 482 g/mol. The second kappa shape index (κ2) is 10.8. The fourth-order valence-electron chi connectivity index (χ4n) is 3.84. The zero-order valence-electron chi connectivity index (χ0n) is 18.1. The summed E-state index contributed by atoms with van der Waals surface area (Å²) in [6.45, 7) is 1.77. The zero-order chi connectivity index (χ0) is 24.0. The van der Waals surface area contributed by atoms with Crippen LogP contribution in [-0.4, -0.2) is 36.6 Å². The summed E-state index contributed by atoms with van der Waals surface area (Å²) in [5.74, 6) is -3.47. The second-order valence-corrected chi connectivity index (χ2v) is 8.68. The van der Waals surface area contributed by atoms with E-state index < -0.39 is 30.0 Å². The van der Waals surface area contributed by atoms with Crippen molar-refractivity contribution < 1.29 is 32.3 Å². The Morgan fingerprint density at radius 3 is 2.33 bits per heavy atom. The number of hydrogen-bond donors (Lipinski definition) is 1. The van der Waals surface area contributed by atoms with Crippen molar-refractivity contribution in [2.24, 2.45) is 0 Å². The zero-order valence-corrected chi connectivity index (χ0v) is 18.9. The SMILES string of the molecule is CCOC(=O)c1ccc(N(C(=O)C(F)(F)F)C(C(=O)NC2CCCCC2)c2cccs2)cc1. The van der Waals surface area contributed by atoms with Gasteiger partial charge in [0, 0.05) is 16.6 Å². The number of thiophene rings is 1. The Balaban J connectivity index is 2.00. The Morgan fingerprint density at radius 1 is 1.12 bits per heavy atom. The predicted molar refractivity (Wildman–Crippen MR) is 118 cm³/mol. The Morgan fingerprint density at radius 2 is 1.79 bits per heavy atom. The number of amides is 2. The van der Waals surface area contributed by atoms with Crippen molar-refractivity contribution >= 4 is 34.8 Å². The first kappa shape index (κ1) is 24.8. The van der Waals surface area contributed by atoms with Crippen molar-refractivity contribution in [3.8, 4) is 0 Å². The molecule has 2 amide bonds. The van der Waals surface area contributed by atoms with Crippen LogP contribution < -0.4 is 10.2 Å². The molecule has 1 aromatic carbocycles. The summed E-state index contributed by atoms with van der Waals surface area (Å²) in [5, 5.41) is 4.48. The van der Waals surface area contributed by atoms with Gasteiger partial charge in [0.25, 0.3) is 0 Å². The molecule has 1 unspecified atom stereocenters. The minimum Gasteiger partial charge on any atom is -0.462 e. The summed E-state index contributed by atoms with van der Waals surface area (Å²) < 4.78 is 45.8. The number of ether oxygens (including phenoxy) is 1. The molecule has 3 rings (SSSR count). The Kier molecular flexibility index (Phi) is 8.12. The van der Waals surface area contributed by atoms with Gasteiger partial charge in [0.05, 0.1) is 12.2 Å². The summed E-state index contributed by atoms with van der Waals surface area (Å²) in [4.78, 5) is 38.5. The number of rotatable bonds is 7. The fraction of sp³-hybridized carbons (Fsp3) is 0.435. The third kappa shape index (κ3) is 6.13. The molecule has 1 fully saturated rings. The van der Waals surface area contributed by atoms with Crippen LogP contribution >= 0.6 is 11.3 Å². The minimum absolute atomic E-state index is 0.124. The van der Waals surface area contributed by atoms with Crippen molar-refractivity contribution in [3.05, 3.63) is 52.2 Å². The largest absolute Gasteiger partial charge is 0.471 e. The van der Waals surface area contributed by atoms with E-state index in [4.69, 9.17) is 4.74 Å². The predicted octanol–water partition coefficient (Wildman–Crippen LogP) is 5.01. The van der Waals surface area contributed by atoms with Gasteiger partial charge < -0.3 is 10.1 Å². The molecule has 10 heteroatoms. The smallest absolute Gasteiger partial charge is 0.462 e. The lowest BCUT2D eigenvalue weighted by Crippen LogP contribution is -2.50. The van der Waals surface area contributed by atoms with Gasteiger partial charge in [0.15, 0.2) is 6.04 Å². The number of nitrogens with one attached hydrogen (secondary N) is 1. The van der Waals surface area contributed by atoms with E-state index in [0.29, 0.717) is 9.78 Å². The average molecular weight is 483 g/mol. The Labute approximate surface area is 193 Å². The van der Waals surface area contributed by atoms with Crippen LogP contribution in [0.15, 0.2) is 41.8 Å². The van der Waals surface area contributed by atoms with E-state index in [-0.39, 0.29) is 23.9 Å². The molecule has 1 aliphatic rings. The highest BCUT2D eigenvalue weighted by atomic mass is 32.1. The Bertz CT molecular complexity index is 955. The summed E-state index contributed by atoms with van der Waals surface area (Å²) in [6, 6.07) is 6.45. The first-order chi connectivity index (χ1) is 15.7. The highest BCUT2D eigenvalue weighted by Gasteiger charge is 2.48.